The predicted octanol–water partition coefficient (Wildman–Crippen LogP) is 2.92. The van der Waals surface area contributed by atoms with Crippen LogP contribution in [0, 0.1) is 5.82 Å². The topological polar surface area (TPSA) is 40.5 Å². The molecule has 1 aliphatic rings. The maximum Gasteiger partial charge on any atom is 0.304 e. The second-order valence-electron chi connectivity index (χ2n) is 4.61. The summed E-state index contributed by atoms with van der Waals surface area (Å²) in [6.45, 7) is 1.50. The van der Waals surface area contributed by atoms with Gasteiger partial charge in [0.15, 0.2) is 0 Å². The van der Waals surface area contributed by atoms with Gasteiger partial charge in [0.2, 0.25) is 0 Å². The van der Waals surface area contributed by atoms with Crippen molar-refractivity contribution in [2.24, 2.45) is 0 Å². The number of hydrogen-bond acceptors (Lipinski definition) is 2. The van der Waals surface area contributed by atoms with E-state index >= 15 is 0 Å². The van der Waals surface area contributed by atoms with E-state index in [4.69, 9.17) is 16.7 Å². The van der Waals surface area contributed by atoms with Gasteiger partial charge in [0.25, 0.3) is 0 Å². The third-order valence-corrected chi connectivity index (χ3v) is 3.57. The molecule has 2 rings (SSSR count). The summed E-state index contributed by atoms with van der Waals surface area (Å²) in [6, 6.07) is 4.72. The molecule has 1 unspecified atom stereocenters. The molecule has 0 aromatic heterocycles. The lowest BCUT2D eigenvalue weighted by atomic mass is 10.1. The number of aliphatic carboxylic acids is 1. The molecule has 18 heavy (non-hydrogen) atoms. The van der Waals surface area contributed by atoms with Crippen molar-refractivity contribution >= 4 is 17.6 Å². The van der Waals surface area contributed by atoms with Crippen molar-refractivity contribution in [1.82, 2.24) is 4.90 Å². The van der Waals surface area contributed by atoms with Crippen molar-refractivity contribution in [3.63, 3.8) is 0 Å². The van der Waals surface area contributed by atoms with Crippen molar-refractivity contribution in [2.45, 2.75) is 31.8 Å². The first kappa shape index (κ1) is 13.3. The molecular formula is C13H15ClFNO2. The summed E-state index contributed by atoms with van der Waals surface area (Å²) < 4.78 is 13.0. The molecule has 1 heterocycles. The Labute approximate surface area is 110 Å². The van der Waals surface area contributed by atoms with Crippen molar-refractivity contribution in [3.05, 3.63) is 34.6 Å². The number of nitrogens with zero attached hydrogens (tertiary/aromatic N) is 1. The van der Waals surface area contributed by atoms with Gasteiger partial charge in [-0.2, -0.15) is 0 Å². The van der Waals surface area contributed by atoms with Crippen LogP contribution in [0.4, 0.5) is 4.39 Å². The second-order valence-corrected chi connectivity index (χ2v) is 5.02. The Morgan fingerprint density at radius 2 is 2.33 bits per heavy atom. The summed E-state index contributed by atoms with van der Waals surface area (Å²) in [5, 5.41) is 8.95. The number of likely N-dealkylation sites (tertiary alicyclic amines) is 1. The van der Waals surface area contributed by atoms with Crippen LogP contribution in [-0.2, 0) is 11.3 Å². The lowest BCUT2D eigenvalue weighted by molar-refractivity contribution is -0.138. The van der Waals surface area contributed by atoms with Crippen LogP contribution in [0.5, 0.6) is 0 Å². The first-order valence-electron chi connectivity index (χ1n) is 5.96. The molecule has 0 radical (unpaired) electrons. The average molecular weight is 272 g/mol. The quantitative estimate of drug-likeness (QED) is 0.915. The fourth-order valence-corrected chi connectivity index (χ4v) is 2.61. The fraction of sp³-hybridized carbons (Fsp3) is 0.462. The van der Waals surface area contributed by atoms with E-state index in [2.05, 4.69) is 4.90 Å². The van der Waals surface area contributed by atoms with Gasteiger partial charge in [0.1, 0.15) is 5.82 Å². The van der Waals surface area contributed by atoms with Crippen molar-refractivity contribution in [2.75, 3.05) is 6.54 Å². The van der Waals surface area contributed by atoms with Gasteiger partial charge >= 0.3 is 5.97 Å². The predicted molar refractivity (Wildman–Crippen MR) is 67.1 cm³/mol. The molecule has 1 aromatic rings. The van der Waals surface area contributed by atoms with E-state index in [1.165, 1.54) is 6.07 Å². The van der Waals surface area contributed by atoms with Gasteiger partial charge in [-0.25, -0.2) is 4.39 Å². The number of carboxylic acids is 1. The van der Waals surface area contributed by atoms with E-state index in [-0.39, 0.29) is 17.5 Å². The highest BCUT2D eigenvalue weighted by molar-refractivity contribution is 6.30. The normalized spacial score (nSPS) is 20.2. The molecule has 0 amide bonds. The molecule has 1 N–H and O–H groups in total. The van der Waals surface area contributed by atoms with Gasteiger partial charge < -0.3 is 5.11 Å². The van der Waals surface area contributed by atoms with E-state index < -0.39 is 11.8 Å². The van der Waals surface area contributed by atoms with Gasteiger partial charge in [-0.15, -0.1) is 0 Å². The first-order chi connectivity index (χ1) is 8.56. The number of halogens is 2. The lowest BCUT2D eigenvalue weighted by Gasteiger charge is -2.23. The van der Waals surface area contributed by atoms with Gasteiger partial charge in [-0.3, -0.25) is 9.69 Å². The van der Waals surface area contributed by atoms with Crippen LogP contribution in [0.15, 0.2) is 18.2 Å². The zero-order valence-electron chi connectivity index (χ0n) is 9.90. The molecule has 3 nitrogen and oxygen atoms in total. The molecule has 0 saturated carbocycles. The summed E-state index contributed by atoms with van der Waals surface area (Å²) in [6.07, 6.45) is 2.07. The lowest BCUT2D eigenvalue weighted by Crippen LogP contribution is -2.30. The number of carbonyl (C=O) groups is 1. The van der Waals surface area contributed by atoms with Crippen LogP contribution < -0.4 is 0 Å². The maximum absolute atomic E-state index is 13.0. The summed E-state index contributed by atoms with van der Waals surface area (Å²) >= 11 is 5.73. The summed E-state index contributed by atoms with van der Waals surface area (Å²) in [4.78, 5) is 12.9. The minimum atomic E-state index is -0.774. The summed E-state index contributed by atoms with van der Waals surface area (Å²) in [7, 11) is 0. The zero-order chi connectivity index (χ0) is 13.1. The highest BCUT2D eigenvalue weighted by atomic mass is 35.5. The molecular weight excluding hydrogens is 257 g/mol. The number of hydrogen-bond donors (Lipinski definition) is 1. The van der Waals surface area contributed by atoms with Crippen LogP contribution in [0.3, 0.4) is 0 Å². The van der Waals surface area contributed by atoms with Crippen LogP contribution in [0.2, 0.25) is 5.02 Å². The molecule has 1 aromatic carbocycles. The standard InChI is InChI=1S/C13H15ClFNO2/c14-11-6-9(3-4-12(11)15)8-16-5-1-2-10(16)7-13(17)18/h3-4,6,10H,1-2,5,7-8H2,(H,17,18). The molecule has 1 fully saturated rings. The number of benzene rings is 1. The SMILES string of the molecule is O=C(O)CC1CCCN1Cc1ccc(F)c(Cl)c1. The van der Waals surface area contributed by atoms with Gasteiger partial charge in [-0.1, -0.05) is 17.7 Å². The Bertz CT molecular complexity index is 453. The van der Waals surface area contributed by atoms with E-state index in [9.17, 15) is 9.18 Å². The minimum absolute atomic E-state index is 0.0753. The Morgan fingerprint density at radius 1 is 1.56 bits per heavy atom. The van der Waals surface area contributed by atoms with Gasteiger partial charge in [0.05, 0.1) is 11.4 Å². The summed E-state index contributed by atoms with van der Waals surface area (Å²) in [5.74, 6) is -1.20. The zero-order valence-corrected chi connectivity index (χ0v) is 10.7. The number of rotatable bonds is 4. The van der Waals surface area contributed by atoms with Gasteiger partial charge in [0, 0.05) is 12.6 Å². The molecule has 1 atom stereocenters. The third kappa shape index (κ3) is 3.21. The Hall–Kier alpha value is -1.13. The molecule has 0 bridgehead atoms. The molecule has 5 heteroatoms. The van der Waals surface area contributed by atoms with Gasteiger partial charge in [-0.05, 0) is 37.1 Å². The van der Waals surface area contributed by atoms with E-state index in [1.807, 2.05) is 0 Å². The van der Waals surface area contributed by atoms with Crippen LogP contribution in [0.25, 0.3) is 0 Å². The van der Waals surface area contributed by atoms with E-state index in [0.29, 0.717) is 6.54 Å². The smallest absolute Gasteiger partial charge is 0.304 e. The molecule has 98 valence electrons. The first-order valence-corrected chi connectivity index (χ1v) is 6.34. The van der Waals surface area contributed by atoms with Crippen LogP contribution in [0.1, 0.15) is 24.8 Å². The minimum Gasteiger partial charge on any atom is -0.481 e. The van der Waals surface area contributed by atoms with E-state index in [1.54, 1.807) is 12.1 Å². The van der Waals surface area contributed by atoms with Crippen LogP contribution >= 0.6 is 11.6 Å². The molecule has 0 spiro atoms. The number of carboxylic acid groups (broad SMARTS) is 1. The fourth-order valence-electron chi connectivity index (χ4n) is 2.41. The maximum atomic E-state index is 13.0. The Kier molecular flexibility index (Phi) is 4.19. The monoisotopic (exact) mass is 271 g/mol. The second kappa shape index (κ2) is 5.67. The van der Waals surface area contributed by atoms with Crippen molar-refractivity contribution in [3.8, 4) is 0 Å². The highest BCUT2D eigenvalue weighted by Gasteiger charge is 2.26. The molecule has 0 aliphatic carbocycles. The average Bonchev–Trinajstić information content (AvgIpc) is 2.70. The summed E-state index contributed by atoms with van der Waals surface area (Å²) in [5.41, 5.74) is 0.915. The highest BCUT2D eigenvalue weighted by Crippen LogP contribution is 2.24. The van der Waals surface area contributed by atoms with Crippen molar-refractivity contribution in [1.29, 1.82) is 0 Å². The van der Waals surface area contributed by atoms with Crippen molar-refractivity contribution < 1.29 is 14.3 Å². The molecule has 1 saturated heterocycles. The Balaban J connectivity index is 2.03. The largest absolute Gasteiger partial charge is 0.481 e. The van der Waals surface area contributed by atoms with Crippen LogP contribution in [-0.4, -0.2) is 28.6 Å². The van der Waals surface area contributed by atoms with E-state index in [0.717, 1.165) is 24.9 Å². The Morgan fingerprint density at radius 3 is 3.00 bits per heavy atom. The third-order valence-electron chi connectivity index (χ3n) is 3.28. The molecule has 1 aliphatic heterocycles.